The van der Waals surface area contributed by atoms with Crippen molar-refractivity contribution in [3.8, 4) is 23.0 Å². The van der Waals surface area contributed by atoms with Gasteiger partial charge in [-0.05, 0) is 114 Å². The molecule has 0 amide bonds. The third-order valence-electron chi connectivity index (χ3n) is 12.9. The average Bonchev–Trinajstić information content (AvgIpc) is 3.19. The molecule has 4 heteroatoms. The van der Waals surface area contributed by atoms with Crippen molar-refractivity contribution in [3.05, 3.63) is 115 Å². The lowest BCUT2D eigenvalue weighted by Gasteiger charge is -2.29. The molecule has 0 spiro atoms. The van der Waals surface area contributed by atoms with Crippen molar-refractivity contribution in [1.29, 1.82) is 0 Å². The third-order valence-corrected chi connectivity index (χ3v) is 12.9. The molecule has 0 heterocycles. The van der Waals surface area contributed by atoms with E-state index in [1.807, 2.05) is 0 Å². The minimum absolute atomic E-state index is 0.0777. The van der Waals surface area contributed by atoms with Gasteiger partial charge < -0.3 is 18.9 Å². The van der Waals surface area contributed by atoms with Crippen molar-refractivity contribution in [2.75, 3.05) is 26.4 Å². The summed E-state index contributed by atoms with van der Waals surface area (Å²) >= 11 is 0. The maximum atomic E-state index is 7.08. The minimum Gasteiger partial charge on any atom is -0.493 e. The van der Waals surface area contributed by atoms with Crippen LogP contribution in [0.15, 0.2) is 48.5 Å². The Morgan fingerprint density at radius 1 is 0.297 bits per heavy atom. The number of benzene rings is 4. The first kappa shape index (κ1) is 51.1. The van der Waals surface area contributed by atoms with Crippen molar-refractivity contribution in [2.45, 2.75) is 209 Å². The molecule has 4 aromatic rings. The molecular formula is C60H88O4. The molecule has 0 radical (unpaired) electrons. The number of hydrogen-bond acceptors (Lipinski definition) is 4. The van der Waals surface area contributed by atoms with Crippen LogP contribution in [0.4, 0.5) is 0 Å². The summed E-state index contributed by atoms with van der Waals surface area (Å²) in [5.74, 6) is 4.07. The summed E-state index contributed by atoms with van der Waals surface area (Å²) in [6.07, 6.45) is 11.1. The zero-order valence-corrected chi connectivity index (χ0v) is 43.6. The molecule has 1 aliphatic carbocycles. The lowest BCUT2D eigenvalue weighted by molar-refractivity contribution is 0.297. The summed E-state index contributed by atoms with van der Waals surface area (Å²) in [7, 11) is 0. The topological polar surface area (TPSA) is 36.9 Å². The van der Waals surface area contributed by atoms with Crippen LogP contribution in [-0.4, -0.2) is 26.4 Å². The number of unbranched alkanes of at least 4 members (excludes halogenated alkanes) is 4. The highest BCUT2D eigenvalue weighted by Crippen LogP contribution is 2.44. The van der Waals surface area contributed by atoms with E-state index >= 15 is 0 Å². The summed E-state index contributed by atoms with van der Waals surface area (Å²) in [6.45, 7) is 39.8. The summed E-state index contributed by atoms with van der Waals surface area (Å²) in [5.41, 5.74) is 14.8. The Bertz CT molecular complexity index is 1760. The Morgan fingerprint density at radius 2 is 0.453 bits per heavy atom. The van der Waals surface area contributed by atoms with Gasteiger partial charge in [-0.3, -0.25) is 0 Å². The van der Waals surface area contributed by atoms with Crippen LogP contribution in [0, 0.1) is 0 Å². The molecular weight excluding hydrogens is 785 g/mol. The normalized spacial score (nSPS) is 13.5. The summed E-state index contributed by atoms with van der Waals surface area (Å²) in [5, 5.41) is 0. The second-order valence-electron chi connectivity index (χ2n) is 23.0. The molecule has 1 aliphatic rings. The molecule has 4 nitrogen and oxygen atoms in total. The van der Waals surface area contributed by atoms with Gasteiger partial charge >= 0.3 is 0 Å². The Hall–Kier alpha value is -3.92. The molecule has 4 aromatic carbocycles. The van der Waals surface area contributed by atoms with Crippen molar-refractivity contribution in [1.82, 2.24) is 0 Å². The van der Waals surface area contributed by atoms with Gasteiger partial charge in [-0.25, -0.2) is 0 Å². The largest absolute Gasteiger partial charge is 0.493 e. The molecule has 0 aromatic heterocycles. The second-order valence-corrected chi connectivity index (χ2v) is 23.0. The summed E-state index contributed by atoms with van der Waals surface area (Å²) < 4.78 is 28.3. The monoisotopic (exact) mass is 873 g/mol. The Balaban J connectivity index is 2.01. The van der Waals surface area contributed by atoms with Crippen LogP contribution in [0.2, 0.25) is 0 Å². The van der Waals surface area contributed by atoms with Crippen LogP contribution >= 0.6 is 0 Å². The highest BCUT2D eigenvalue weighted by atomic mass is 16.5. The van der Waals surface area contributed by atoms with E-state index in [0.717, 1.165) is 74.4 Å². The lowest BCUT2D eigenvalue weighted by Crippen LogP contribution is -2.18. The zero-order chi connectivity index (χ0) is 47.0. The van der Waals surface area contributed by atoms with E-state index in [2.05, 4.69) is 159 Å². The molecule has 0 fully saturated rings. The lowest BCUT2D eigenvalue weighted by atomic mass is 9.79. The molecule has 64 heavy (non-hydrogen) atoms. The molecule has 0 N–H and O–H groups in total. The Kier molecular flexibility index (Phi) is 17.2. The SMILES string of the molecule is CCCCOc1c2cc(C(C)(C)C)cc1Cc1cc(C(C)(C)C)cc(c1OCCCC)Cc1cc(C(C)(C)C)cc(c1OCCCC)Cc1cc(C(C)(C)C)cc(c1OCCCC)C2. The molecule has 352 valence electrons. The van der Waals surface area contributed by atoms with E-state index in [4.69, 9.17) is 18.9 Å². The van der Waals surface area contributed by atoms with Gasteiger partial charge in [-0.15, -0.1) is 0 Å². The van der Waals surface area contributed by atoms with Gasteiger partial charge in [-0.1, -0.05) is 185 Å². The van der Waals surface area contributed by atoms with E-state index in [9.17, 15) is 0 Å². The first-order chi connectivity index (χ1) is 30.1. The van der Waals surface area contributed by atoms with Gasteiger partial charge in [0.25, 0.3) is 0 Å². The Labute approximate surface area is 391 Å². The molecule has 0 saturated heterocycles. The minimum atomic E-state index is -0.0777. The van der Waals surface area contributed by atoms with Crippen LogP contribution in [0.5, 0.6) is 23.0 Å². The maximum absolute atomic E-state index is 7.08. The summed E-state index contributed by atoms with van der Waals surface area (Å²) in [6, 6.07) is 19.6. The zero-order valence-electron chi connectivity index (χ0n) is 43.6. The second kappa shape index (κ2) is 21.6. The van der Waals surface area contributed by atoms with Crippen LogP contribution in [-0.2, 0) is 47.3 Å². The number of hydrogen-bond donors (Lipinski definition) is 0. The first-order valence-electron chi connectivity index (χ1n) is 25.2. The van der Waals surface area contributed by atoms with Gasteiger partial charge in [0.15, 0.2) is 0 Å². The van der Waals surface area contributed by atoms with E-state index in [1.54, 1.807) is 0 Å². The van der Waals surface area contributed by atoms with Crippen molar-refractivity contribution < 1.29 is 18.9 Å². The maximum Gasteiger partial charge on any atom is 0.126 e. The van der Waals surface area contributed by atoms with Crippen LogP contribution in [0.25, 0.3) is 0 Å². The van der Waals surface area contributed by atoms with Crippen LogP contribution < -0.4 is 18.9 Å². The summed E-state index contributed by atoms with van der Waals surface area (Å²) in [4.78, 5) is 0. The smallest absolute Gasteiger partial charge is 0.126 e. The number of fused-ring (bicyclic) bond motifs is 8. The van der Waals surface area contributed by atoms with Crippen molar-refractivity contribution in [3.63, 3.8) is 0 Å². The average molecular weight is 873 g/mol. The van der Waals surface area contributed by atoms with Gasteiger partial charge in [-0.2, -0.15) is 0 Å². The highest BCUT2D eigenvalue weighted by molar-refractivity contribution is 5.60. The van der Waals surface area contributed by atoms with Gasteiger partial charge in [0, 0.05) is 25.7 Å². The third kappa shape index (κ3) is 13.1. The Morgan fingerprint density at radius 3 is 0.578 bits per heavy atom. The highest BCUT2D eigenvalue weighted by Gasteiger charge is 2.29. The number of ether oxygens (including phenoxy) is 4. The molecule has 0 atom stereocenters. The first-order valence-corrected chi connectivity index (χ1v) is 25.2. The fraction of sp³-hybridized carbons (Fsp3) is 0.600. The molecule has 0 unspecified atom stereocenters. The predicted molar refractivity (Wildman–Crippen MR) is 273 cm³/mol. The quantitative estimate of drug-likeness (QED) is 0.0926. The number of rotatable bonds is 16. The standard InChI is InChI=1S/C60H88O4/c1-17-21-25-61-53-41-29-43-35-50(58(8,9)10)37-45(54(43)62-26-22-18-2)31-47-39-52(60(14,15)16)40-48(56(47)64-28-24-20-4)32-46-38-51(59(11,12)13)36-44(55(46)63-27-23-19-3)30-42(53)34-49(33-41)57(5,6)7/h33-40H,17-32H2,1-16H3. The van der Waals surface area contributed by atoms with Gasteiger partial charge in [0.05, 0.1) is 26.4 Å². The van der Waals surface area contributed by atoms with E-state index in [1.165, 1.54) is 66.8 Å². The molecule has 8 bridgehead atoms. The van der Waals surface area contributed by atoms with Gasteiger partial charge in [0.2, 0.25) is 0 Å². The molecule has 0 aliphatic heterocycles. The van der Waals surface area contributed by atoms with E-state index < -0.39 is 0 Å². The molecule has 5 rings (SSSR count). The van der Waals surface area contributed by atoms with Crippen LogP contribution in [0.3, 0.4) is 0 Å². The van der Waals surface area contributed by atoms with Crippen molar-refractivity contribution >= 4 is 0 Å². The fourth-order valence-corrected chi connectivity index (χ4v) is 8.64. The van der Waals surface area contributed by atoms with E-state index in [0.29, 0.717) is 52.1 Å². The van der Waals surface area contributed by atoms with Crippen molar-refractivity contribution in [2.24, 2.45) is 0 Å². The van der Waals surface area contributed by atoms with E-state index in [-0.39, 0.29) is 21.7 Å². The predicted octanol–water partition coefficient (Wildman–Crippen LogP) is 16.3. The van der Waals surface area contributed by atoms with Crippen LogP contribution in [0.1, 0.15) is 229 Å². The molecule has 0 saturated carbocycles. The van der Waals surface area contributed by atoms with Gasteiger partial charge in [0.1, 0.15) is 23.0 Å². The fourth-order valence-electron chi connectivity index (χ4n) is 8.64.